The third-order valence-corrected chi connectivity index (χ3v) is 5.26. The van der Waals surface area contributed by atoms with E-state index in [0.717, 1.165) is 49.2 Å². The quantitative estimate of drug-likeness (QED) is 0.860. The summed E-state index contributed by atoms with van der Waals surface area (Å²) in [5, 5.41) is 3.02. The van der Waals surface area contributed by atoms with Gasteiger partial charge in [0.05, 0.1) is 6.04 Å². The van der Waals surface area contributed by atoms with Crippen molar-refractivity contribution in [1.29, 1.82) is 0 Å². The highest BCUT2D eigenvalue weighted by Crippen LogP contribution is 2.19. The number of aryl methyl sites for hydroxylation is 2. The van der Waals surface area contributed by atoms with E-state index in [1.165, 1.54) is 5.56 Å². The summed E-state index contributed by atoms with van der Waals surface area (Å²) in [6.45, 7) is 13.7. The van der Waals surface area contributed by atoms with E-state index in [-0.39, 0.29) is 11.9 Å². The van der Waals surface area contributed by atoms with E-state index in [4.69, 9.17) is 4.98 Å². The molecule has 2 heterocycles. The van der Waals surface area contributed by atoms with Crippen molar-refractivity contribution in [1.82, 2.24) is 14.9 Å². The molecule has 1 aliphatic rings. The van der Waals surface area contributed by atoms with Crippen LogP contribution in [0.2, 0.25) is 0 Å². The summed E-state index contributed by atoms with van der Waals surface area (Å²) in [5.74, 6) is 2.23. The Kier molecular flexibility index (Phi) is 6.29. The number of nitrogens with one attached hydrogen (secondary N) is 1. The summed E-state index contributed by atoms with van der Waals surface area (Å²) < 4.78 is 0. The molecule has 28 heavy (non-hydrogen) atoms. The molecule has 0 unspecified atom stereocenters. The maximum Gasteiger partial charge on any atom is 0.241 e. The first-order valence-electron chi connectivity index (χ1n) is 10.1. The Labute approximate surface area is 168 Å². The fourth-order valence-corrected chi connectivity index (χ4v) is 3.38. The van der Waals surface area contributed by atoms with E-state index < -0.39 is 0 Å². The number of piperazine rings is 1. The topological polar surface area (TPSA) is 61.4 Å². The maximum absolute atomic E-state index is 12.6. The van der Waals surface area contributed by atoms with E-state index in [2.05, 4.69) is 40.0 Å². The Balaban J connectivity index is 1.58. The minimum absolute atomic E-state index is 0.0391. The molecule has 2 aromatic rings. The van der Waals surface area contributed by atoms with E-state index in [0.29, 0.717) is 5.92 Å². The number of anilines is 2. The summed E-state index contributed by atoms with van der Waals surface area (Å²) in [7, 11) is 0. The lowest BCUT2D eigenvalue weighted by molar-refractivity contribution is -0.120. The van der Waals surface area contributed by atoms with Crippen LogP contribution in [0.1, 0.15) is 43.8 Å². The zero-order valence-corrected chi connectivity index (χ0v) is 17.6. The number of nitrogens with zero attached hydrogens (tertiary/aromatic N) is 4. The van der Waals surface area contributed by atoms with Gasteiger partial charge in [0.1, 0.15) is 11.6 Å². The Morgan fingerprint density at radius 1 is 1.00 bits per heavy atom. The van der Waals surface area contributed by atoms with Gasteiger partial charge >= 0.3 is 0 Å². The lowest BCUT2D eigenvalue weighted by Crippen LogP contribution is -2.53. The molecule has 3 rings (SSSR count). The van der Waals surface area contributed by atoms with Gasteiger partial charge in [-0.15, -0.1) is 0 Å². The van der Waals surface area contributed by atoms with Crippen LogP contribution in [0.15, 0.2) is 30.3 Å². The van der Waals surface area contributed by atoms with Gasteiger partial charge in [-0.05, 0) is 32.9 Å². The van der Waals surface area contributed by atoms with Gasteiger partial charge in [0.15, 0.2) is 0 Å². The summed E-state index contributed by atoms with van der Waals surface area (Å²) in [6, 6.07) is 9.79. The average Bonchev–Trinajstić information content (AvgIpc) is 2.68. The number of carbonyl (C=O) groups excluding carboxylic acids is 1. The van der Waals surface area contributed by atoms with Gasteiger partial charge < -0.3 is 10.2 Å². The molecule has 1 amide bonds. The molecule has 1 saturated heterocycles. The number of aromatic nitrogens is 2. The highest BCUT2D eigenvalue weighted by atomic mass is 16.2. The predicted octanol–water partition coefficient (Wildman–Crippen LogP) is 3.37. The molecule has 1 aliphatic heterocycles. The number of benzene rings is 1. The Hall–Kier alpha value is -2.47. The van der Waals surface area contributed by atoms with Crippen LogP contribution >= 0.6 is 0 Å². The third kappa shape index (κ3) is 4.87. The number of hydrogen-bond donors (Lipinski definition) is 1. The normalized spacial score (nSPS) is 16.3. The zero-order chi connectivity index (χ0) is 20.3. The van der Waals surface area contributed by atoms with Gasteiger partial charge in [-0.2, -0.15) is 0 Å². The van der Waals surface area contributed by atoms with Crippen molar-refractivity contribution in [3.8, 4) is 0 Å². The van der Waals surface area contributed by atoms with Crippen LogP contribution in [0.3, 0.4) is 0 Å². The van der Waals surface area contributed by atoms with Crippen molar-refractivity contribution in [2.24, 2.45) is 0 Å². The van der Waals surface area contributed by atoms with E-state index in [9.17, 15) is 4.79 Å². The number of rotatable bonds is 5. The van der Waals surface area contributed by atoms with Crippen molar-refractivity contribution in [2.45, 2.75) is 46.6 Å². The molecule has 1 atom stereocenters. The van der Waals surface area contributed by atoms with Gasteiger partial charge in [-0.25, -0.2) is 9.97 Å². The molecular formula is C22H31N5O. The lowest BCUT2D eigenvalue weighted by Gasteiger charge is -2.38. The monoisotopic (exact) mass is 381 g/mol. The van der Waals surface area contributed by atoms with Crippen molar-refractivity contribution in [2.75, 3.05) is 36.4 Å². The molecule has 1 fully saturated rings. The van der Waals surface area contributed by atoms with Gasteiger partial charge in [-0.3, -0.25) is 9.69 Å². The van der Waals surface area contributed by atoms with Gasteiger partial charge in [-0.1, -0.05) is 31.5 Å². The second-order valence-corrected chi connectivity index (χ2v) is 7.93. The van der Waals surface area contributed by atoms with Crippen molar-refractivity contribution < 1.29 is 4.79 Å². The third-order valence-electron chi connectivity index (χ3n) is 5.26. The number of hydrogen-bond acceptors (Lipinski definition) is 5. The SMILES string of the molecule is Cc1ccc(NC(=O)[C@@H](C)N2CCN(c3cc(C)nc(C(C)C)n3)CC2)cc1. The molecule has 0 spiro atoms. The minimum atomic E-state index is -0.165. The molecule has 0 radical (unpaired) electrons. The maximum atomic E-state index is 12.6. The van der Waals surface area contributed by atoms with Crippen molar-refractivity contribution in [3.63, 3.8) is 0 Å². The first-order valence-corrected chi connectivity index (χ1v) is 10.1. The first kappa shape index (κ1) is 20.3. The van der Waals surface area contributed by atoms with Crippen molar-refractivity contribution >= 4 is 17.4 Å². The van der Waals surface area contributed by atoms with Crippen LogP contribution < -0.4 is 10.2 Å². The van der Waals surface area contributed by atoms with Gasteiger partial charge in [0, 0.05) is 49.5 Å². The van der Waals surface area contributed by atoms with Crippen LogP contribution in [-0.2, 0) is 4.79 Å². The molecule has 0 aliphatic carbocycles. The molecule has 6 nitrogen and oxygen atoms in total. The van der Waals surface area contributed by atoms with E-state index in [1.807, 2.05) is 45.0 Å². The van der Waals surface area contributed by atoms with Crippen LogP contribution in [-0.4, -0.2) is 53.0 Å². The van der Waals surface area contributed by atoms with Crippen LogP contribution in [0, 0.1) is 13.8 Å². The predicted molar refractivity (Wildman–Crippen MR) is 114 cm³/mol. The molecule has 1 aromatic heterocycles. The van der Waals surface area contributed by atoms with Gasteiger partial charge in [0.25, 0.3) is 0 Å². The molecule has 1 N–H and O–H groups in total. The molecular weight excluding hydrogens is 350 g/mol. The summed E-state index contributed by atoms with van der Waals surface area (Å²) in [5.41, 5.74) is 3.03. The summed E-state index contributed by atoms with van der Waals surface area (Å²) in [6.07, 6.45) is 0. The highest BCUT2D eigenvalue weighted by molar-refractivity contribution is 5.94. The average molecular weight is 382 g/mol. The Morgan fingerprint density at radius 2 is 1.64 bits per heavy atom. The van der Waals surface area contributed by atoms with Crippen LogP contribution in [0.25, 0.3) is 0 Å². The second-order valence-electron chi connectivity index (χ2n) is 7.93. The number of amides is 1. The van der Waals surface area contributed by atoms with E-state index in [1.54, 1.807) is 0 Å². The second kappa shape index (κ2) is 8.69. The van der Waals surface area contributed by atoms with Gasteiger partial charge in [0.2, 0.25) is 5.91 Å². The minimum Gasteiger partial charge on any atom is -0.354 e. The molecule has 150 valence electrons. The highest BCUT2D eigenvalue weighted by Gasteiger charge is 2.26. The fraction of sp³-hybridized carbons (Fsp3) is 0.500. The molecule has 0 saturated carbocycles. The lowest BCUT2D eigenvalue weighted by atomic mass is 10.2. The first-order chi connectivity index (χ1) is 13.3. The van der Waals surface area contributed by atoms with Crippen molar-refractivity contribution in [3.05, 3.63) is 47.4 Å². The van der Waals surface area contributed by atoms with E-state index >= 15 is 0 Å². The Morgan fingerprint density at radius 3 is 2.25 bits per heavy atom. The standard InChI is InChI=1S/C22H31N5O/c1-15(2)21-23-17(4)14-20(25-21)27-12-10-26(11-13-27)18(5)22(28)24-19-8-6-16(3)7-9-19/h6-9,14-15,18H,10-13H2,1-5H3,(H,24,28)/t18-/m1/s1. The summed E-state index contributed by atoms with van der Waals surface area (Å²) in [4.78, 5) is 26.4. The molecule has 6 heteroatoms. The van der Waals surface area contributed by atoms with Crippen LogP contribution in [0.5, 0.6) is 0 Å². The summed E-state index contributed by atoms with van der Waals surface area (Å²) >= 11 is 0. The smallest absolute Gasteiger partial charge is 0.241 e. The fourth-order valence-electron chi connectivity index (χ4n) is 3.38. The van der Waals surface area contributed by atoms with Crippen LogP contribution in [0.4, 0.5) is 11.5 Å². The molecule has 0 bridgehead atoms. The zero-order valence-electron chi connectivity index (χ0n) is 17.6. The molecule has 1 aromatic carbocycles. The number of carbonyl (C=O) groups is 1. The largest absolute Gasteiger partial charge is 0.354 e. The Bertz CT molecular complexity index is 810.